The molecular weight excluding hydrogens is 512 g/mol. The molecule has 12 nitrogen and oxygen atoms in total. The molecule has 0 amide bonds. The Kier molecular flexibility index (Phi) is 8.23. The Labute approximate surface area is 225 Å². The zero-order valence-electron chi connectivity index (χ0n) is 21.9. The minimum absolute atomic E-state index is 0.109. The number of benzene rings is 2. The first-order valence-corrected chi connectivity index (χ1v) is 12.2. The van der Waals surface area contributed by atoms with Crippen LogP contribution >= 0.6 is 11.6 Å². The molecule has 1 saturated heterocycles. The smallest absolute Gasteiger partial charge is 0.227 e. The molecule has 1 atom stereocenters. The lowest BCUT2D eigenvalue weighted by Crippen LogP contribution is -2.49. The lowest BCUT2D eigenvalue weighted by atomic mass is 10.2. The first kappa shape index (κ1) is 27.0. The zero-order chi connectivity index (χ0) is 27.4. The highest BCUT2D eigenvalue weighted by Crippen LogP contribution is 2.35. The summed E-state index contributed by atoms with van der Waals surface area (Å²) in [7, 11) is 6.30. The average Bonchev–Trinajstić information content (AvgIpc) is 2.91. The molecule has 0 bridgehead atoms. The molecule has 1 unspecified atom stereocenters. The fraction of sp³-hybridized carbons (Fsp3) is 0.360. The second-order valence-electron chi connectivity index (χ2n) is 8.54. The van der Waals surface area contributed by atoms with Crippen LogP contribution in [0, 0.1) is 0 Å². The highest BCUT2D eigenvalue weighted by Gasteiger charge is 2.20. The summed E-state index contributed by atoms with van der Waals surface area (Å²) < 4.78 is 21.0. The summed E-state index contributed by atoms with van der Waals surface area (Å²) in [5, 5.41) is 4.96. The van der Waals surface area contributed by atoms with Crippen molar-refractivity contribution in [2.45, 2.75) is 13.0 Å². The molecule has 2 aromatic heterocycles. The second kappa shape index (κ2) is 11.6. The predicted octanol–water partition coefficient (Wildman–Crippen LogP) is 2.91. The van der Waals surface area contributed by atoms with Crippen LogP contribution in [0.15, 0.2) is 24.3 Å². The molecule has 13 heteroatoms. The zero-order valence-corrected chi connectivity index (χ0v) is 22.7. The van der Waals surface area contributed by atoms with Crippen molar-refractivity contribution in [3.05, 3.63) is 29.5 Å². The monoisotopic (exact) mass is 542 g/mol. The van der Waals surface area contributed by atoms with Crippen molar-refractivity contribution in [2.24, 2.45) is 0 Å². The molecule has 1 aliphatic heterocycles. The van der Waals surface area contributed by atoms with Gasteiger partial charge in [0.25, 0.3) is 0 Å². The van der Waals surface area contributed by atoms with E-state index in [1.807, 2.05) is 12.1 Å². The molecule has 1 fully saturated rings. The van der Waals surface area contributed by atoms with Gasteiger partial charge >= 0.3 is 0 Å². The molecule has 202 valence electrons. The summed E-state index contributed by atoms with van der Waals surface area (Å²) in [5.74, 6) is 3.83. The summed E-state index contributed by atoms with van der Waals surface area (Å²) in [6.45, 7) is 4.78. The van der Waals surface area contributed by atoms with Crippen molar-refractivity contribution >= 4 is 51.0 Å². The summed E-state index contributed by atoms with van der Waals surface area (Å²) in [6, 6.07) is 7.48. The Morgan fingerprint density at radius 1 is 0.789 bits per heavy atom. The van der Waals surface area contributed by atoms with Crippen LogP contribution in [-0.2, 0) is 0 Å². The number of nitrogens with one attached hydrogen (secondary N) is 1. The highest BCUT2D eigenvalue weighted by molar-refractivity contribution is 6.28. The third-order valence-electron chi connectivity index (χ3n) is 6.07. The van der Waals surface area contributed by atoms with E-state index in [0.29, 0.717) is 57.5 Å². The van der Waals surface area contributed by atoms with Gasteiger partial charge in [0.15, 0.2) is 23.0 Å². The van der Waals surface area contributed by atoms with Crippen molar-refractivity contribution in [3.8, 4) is 23.0 Å². The van der Waals surface area contributed by atoms with Gasteiger partial charge in [-0.15, -0.1) is 0 Å². The van der Waals surface area contributed by atoms with E-state index in [9.17, 15) is 0 Å². The minimum Gasteiger partial charge on any atom is -0.493 e. The van der Waals surface area contributed by atoms with Gasteiger partial charge in [-0.25, -0.2) is 15.0 Å². The van der Waals surface area contributed by atoms with Gasteiger partial charge in [-0.1, -0.05) is 0 Å². The molecule has 0 saturated carbocycles. The van der Waals surface area contributed by atoms with Crippen molar-refractivity contribution in [1.82, 2.24) is 25.3 Å². The van der Waals surface area contributed by atoms with Crippen LogP contribution in [0.2, 0.25) is 5.28 Å². The number of nitrogen functional groups attached to an aromatic ring is 2. The van der Waals surface area contributed by atoms with Crippen LogP contribution in [0.5, 0.6) is 23.0 Å². The number of nitrogens with two attached hydrogens (primary N) is 2. The number of nitrogens with zero attached hydrogens (tertiary/aromatic N) is 5. The topological polar surface area (TPSA) is 156 Å². The lowest BCUT2D eigenvalue weighted by molar-refractivity contribution is 0.356. The van der Waals surface area contributed by atoms with Crippen molar-refractivity contribution in [1.29, 1.82) is 0 Å². The molecule has 4 aromatic rings. The lowest BCUT2D eigenvalue weighted by Gasteiger charge is -2.32. The highest BCUT2D eigenvalue weighted by atomic mass is 35.5. The quantitative estimate of drug-likeness (QED) is 0.317. The number of ether oxygens (including phenoxy) is 4. The third-order valence-corrected chi connectivity index (χ3v) is 6.24. The van der Waals surface area contributed by atoms with Crippen LogP contribution in [0.1, 0.15) is 6.92 Å². The van der Waals surface area contributed by atoms with Gasteiger partial charge in [-0.3, -0.25) is 0 Å². The number of aromatic nitrogens is 4. The van der Waals surface area contributed by atoms with Gasteiger partial charge < -0.3 is 40.6 Å². The Morgan fingerprint density at radius 3 is 1.82 bits per heavy atom. The largest absolute Gasteiger partial charge is 0.493 e. The molecule has 0 spiro atoms. The SMILES string of the molecule is COc1cc2nc(Cl)nc(N)c2cc1OC.COc1cc2nc(N3CCNC(C)C3)nc(N)c2cc1OC. The van der Waals surface area contributed by atoms with Gasteiger partial charge in [0.05, 0.1) is 39.5 Å². The van der Waals surface area contributed by atoms with E-state index in [0.717, 1.165) is 30.5 Å². The average molecular weight is 543 g/mol. The Balaban J connectivity index is 0.000000186. The van der Waals surface area contributed by atoms with Crippen molar-refractivity contribution < 1.29 is 18.9 Å². The van der Waals surface area contributed by atoms with Gasteiger partial charge in [-0.05, 0) is 30.7 Å². The number of hydrogen-bond acceptors (Lipinski definition) is 12. The fourth-order valence-electron chi connectivity index (χ4n) is 4.17. The molecule has 5 rings (SSSR count). The molecule has 2 aromatic carbocycles. The van der Waals surface area contributed by atoms with Gasteiger partial charge in [0.2, 0.25) is 11.2 Å². The number of methoxy groups -OCH3 is 4. The number of rotatable bonds is 5. The predicted molar refractivity (Wildman–Crippen MR) is 149 cm³/mol. The summed E-state index contributed by atoms with van der Waals surface area (Å²) >= 11 is 5.72. The Bertz CT molecular complexity index is 1450. The van der Waals surface area contributed by atoms with E-state index in [-0.39, 0.29) is 5.28 Å². The number of hydrogen-bond donors (Lipinski definition) is 3. The van der Waals surface area contributed by atoms with Gasteiger partial charge in [0, 0.05) is 48.6 Å². The maximum Gasteiger partial charge on any atom is 0.227 e. The van der Waals surface area contributed by atoms with E-state index >= 15 is 0 Å². The van der Waals surface area contributed by atoms with Crippen LogP contribution in [0.25, 0.3) is 21.8 Å². The molecule has 1 aliphatic rings. The third kappa shape index (κ3) is 5.60. The van der Waals surface area contributed by atoms with Gasteiger partial charge in [0.1, 0.15) is 11.6 Å². The van der Waals surface area contributed by atoms with Crippen LogP contribution in [0.3, 0.4) is 0 Å². The van der Waals surface area contributed by atoms with Crippen molar-refractivity contribution in [2.75, 3.05) is 64.4 Å². The molecular formula is C25H31ClN8O4. The normalized spacial score (nSPS) is 15.1. The van der Waals surface area contributed by atoms with Crippen molar-refractivity contribution in [3.63, 3.8) is 0 Å². The molecule has 3 heterocycles. The van der Waals surface area contributed by atoms with E-state index < -0.39 is 0 Å². The van der Waals surface area contributed by atoms with Crippen LogP contribution in [-0.4, -0.2) is 74.1 Å². The molecule has 38 heavy (non-hydrogen) atoms. The number of piperazine rings is 1. The van der Waals surface area contributed by atoms with Crippen LogP contribution in [0.4, 0.5) is 17.6 Å². The van der Waals surface area contributed by atoms with Gasteiger partial charge in [-0.2, -0.15) is 4.98 Å². The van der Waals surface area contributed by atoms with E-state index in [2.05, 4.69) is 37.1 Å². The maximum absolute atomic E-state index is 6.12. The molecule has 0 aliphatic carbocycles. The van der Waals surface area contributed by atoms with E-state index in [4.69, 9.17) is 42.0 Å². The van der Waals surface area contributed by atoms with E-state index in [1.165, 1.54) is 0 Å². The number of halogens is 1. The fourth-order valence-corrected chi connectivity index (χ4v) is 4.35. The number of fused-ring (bicyclic) bond motifs is 2. The second-order valence-corrected chi connectivity index (χ2v) is 8.87. The standard InChI is InChI=1S/C15H21N5O2.C10H10ClN3O2/c1-9-8-20(5-4-17-9)15-18-11-7-13(22-3)12(21-2)6-10(11)14(16)19-15;1-15-7-3-5-6(4-8(7)16-2)13-10(11)14-9(5)12/h6-7,9,17H,4-5,8H2,1-3H3,(H2,16,18,19);3-4H,1-2H3,(H2,12,13,14). The number of anilines is 3. The minimum atomic E-state index is 0.109. The van der Waals surface area contributed by atoms with Crippen LogP contribution < -0.4 is 40.6 Å². The Hall–Kier alpha value is -4.03. The molecule has 0 radical (unpaired) electrons. The molecule has 5 N–H and O–H groups in total. The first-order valence-electron chi connectivity index (χ1n) is 11.8. The summed E-state index contributed by atoms with van der Waals surface area (Å²) in [6.07, 6.45) is 0. The maximum atomic E-state index is 6.12. The first-order chi connectivity index (χ1) is 18.3. The van der Waals surface area contributed by atoms with E-state index in [1.54, 1.807) is 40.6 Å². The summed E-state index contributed by atoms with van der Waals surface area (Å²) in [5.41, 5.74) is 13.2. The summed E-state index contributed by atoms with van der Waals surface area (Å²) in [4.78, 5) is 19.2. The Morgan fingerprint density at radius 2 is 1.29 bits per heavy atom.